The first-order valence-electron chi connectivity index (χ1n) is 6.61. The van der Waals surface area contributed by atoms with Gasteiger partial charge in [-0.15, -0.1) is 0 Å². The lowest BCUT2D eigenvalue weighted by molar-refractivity contribution is -0.142. The van der Waals surface area contributed by atoms with E-state index in [1.165, 1.54) is 0 Å². The third-order valence-electron chi connectivity index (χ3n) is 2.70. The summed E-state index contributed by atoms with van der Waals surface area (Å²) in [6.45, 7) is 5.45. The van der Waals surface area contributed by atoms with Crippen LogP contribution in [0, 0.1) is 5.41 Å². The summed E-state index contributed by atoms with van der Waals surface area (Å²) in [5.74, 6) is 1.50. The highest BCUT2D eigenvalue weighted by Gasteiger charge is 2.24. The van der Waals surface area contributed by atoms with Crippen molar-refractivity contribution in [3.63, 3.8) is 0 Å². The molecule has 4 heteroatoms. The first-order valence-corrected chi connectivity index (χ1v) is 7.40. The molecule has 0 saturated carbocycles. The maximum atomic E-state index is 11.9. The Morgan fingerprint density at radius 3 is 2.29 bits per heavy atom. The van der Waals surface area contributed by atoms with Crippen LogP contribution in [0.5, 0.6) is 17.2 Å². The van der Waals surface area contributed by atoms with Crippen molar-refractivity contribution in [2.24, 2.45) is 5.41 Å². The molecule has 0 aliphatic carbocycles. The fourth-order valence-corrected chi connectivity index (χ4v) is 1.83. The molecule has 2 aromatic rings. The second kappa shape index (κ2) is 6.31. The predicted octanol–water partition coefficient (Wildman–Crippen LogP) is 5.19. The highest BCUT2D eigenvalue weighted by Crippen LogP contribution is 2.33. The van der Waals surface area contributed by atoms with E-state index < -0.39 is 5.41 Å². The molecule has 3 nitrogen and oxygen atoms in total. The number of hydrogen-bond donors (Lipinski definition) is 0. The molecule has 0 aliphatic rings. The maximum Gasteiger partial charge on any atom is 0.316 e. The summed E-state index contributed by atoms with van der Waals surface area (Å²) in [4.78, 5) is 11.9. The summed E-state index contributed by atoms with van der Waals surface area (Å²) in [6.07, 6.45) is 0. The minimum absolute atomic E-state index is 0.282. The van der Waals surface area contributed by atoms with Crippen molar-refractivity contribution >= 4 is 21.9 Å². The van der Waals surface area contributed by atoms with Gasteiger partial charge in [0.2, 0.25) is 0 Å². The fraction of sp³-hybridized carbons (Fsp3) is 0.235. The summed E-state index contributed by atoms with van der Waals surface area (Å²) < 4.78 is 11.9. The zero-order valence-corrected chi connectivity index (χ0v) is 13.8. The van der Waals surface area contributed by atoms with Crippen LogP contribution in [-0.4, -0.2) is 5.97 Å². The molecule has 0 bridgehead atoms. The lowest BCUT2D eigenvalue weighted by Gasteiger charge is -2.17. The Balaban J connectivity index is 2.20. The highest BCUT2D eigenvalue weighted by molar-refractivity contribution is 9.10. The zero-order valence-electron chi connectivity index (χ0n) is 12.2. The molecule has 0 fully saturated rings. The van der Waals surface area contributed by atoms with Crippen LogP contribution in [0.2, 0.25) is 0 Å². The SMILES string of the molecule is CC(C)(C)C(=O)Oc1ccc(Br)c(Oc2ccccc2)c1. The second-order valence-corrected chi connectivity index (χ2v) is 6.50. The molecule has 0 aliphatic heterocycles. The minimum atomic E-state index is -0.548. The number of rotatable bonds is 3. The number of carbonyl (C=O) groups is 1. The van der Waals surface area contributed by atoms with E-state index in [1.807, 2.05) is 51.1 Å². The van der Waals surface area contributed by atoms with Crippen molar-refractivity contribution in [3.8, 4) is 17.2 Å². The van der Waals surface area contributed by atoms with Crippen molar-refractivity contribution in [1.29, 1.82) is 0 Å². The number of halogens is 1. The smallest absolute Gasteiger partial charge is 0.316 e. The predicted molar refractivity (Wildman–Crippen MR) is 85.7 cm³/mol. The van der Waals surface area contributed by atoms with Crippen molar-refractivity contribution in [2.75, 3.05) is 0 Å². The van der Waals surface area contributed by atoms with Crippen LogP contribution in [0.15, 0.2) is 53.0 Å². The highest BCUT2D eigenvalue weighted by atomic mass is 79.9. The molecular weight excluding hydrogens is 332 g/mol. The zero-order chi connectivity index (χ0) is 15.5. The summed E-state index contributed by atoms with van der Waals surface area (Å²) in [5.41, 5.74) is -0.548. The standard InChI is InChI=1S/C17H17BrO3/c1-17(2,3)16(19)21-13-9-10-14(18)15(11-13)20-12-7-5-4-6-8-12/h4-11H,1-3H3. The van der Waals surface area contributed by atoms with E-state index in [0.717, 1.165) is 10.2 Å². The van der Waals surface area contributed by atoms with Crippen LogP contribution in [0.1, 0.15) is 20.8 Å². The summed E-state index contributed by atoms with van der Waals surface area (Å²) in [7, 11) is 0. The Bertz CT molecular complexity index is 630. The fourth-order valence-electron chi connectivity index (χ4n) is 1.50. The van der Waals surface area contributed by atoms with Gasteiger partial charge in [-0.2, -0.15) is 0 Å². The Morgan fingerprint density at radius 1 is 1.00 bits per heavy atom. The van der Waals surface area contributed by atoms with Crippen molar-refractivity contribution in [2.45, 2.75) is 20.8 Å². The Kier molecular flexibility index (Phi) is 4.68. The number of ether oxygens (including phenoxy) is 2. The van der Waals surface area contributed by atoms with E-state index in [2.05, 4.69) is 15.9 Å². The molecule has 0 saturated heterocycles. The van der Waals surface area contributed by atoms with Gasteiger partial charge >= 0.3 is 5.97 Å². The molecule has 2 rings (SSSR count). The molecule has 110 valence electrons. The van der Waals surface area contributed by atoms with Crippen molar-refractivity contribution in [3.05, 3.63) is 53.0 Å². The van der Waals surface area contributed by atoms with Crippen molar-refractivity contribution in [1.82, 2.24) is 0 Å². The summed E-state index contributed by atoms with van der Waals surface area (Å²) in [6, 6.07) is 14.7. The quantitative estimate of drug-likeness (QED) is 0.565. The van der Waals surface area contributed by atoms with Crippen LogP contribution >= 0.6 is 15.9 Å². The van der Waals surface area contributed by atoms with E-state index in [-0.39, 0.29) is 5.97 Å². The van der Waals surface area contributed by atoms with Gasteiger partial charge in [0.25, 0.3) is 0 Å². The average molecular weight is 349 g/mol. The minimum Gasteiger partial charge on any atom is -0.456 e. The number of hydrogen-bond acceptors (Lipinski definition) is 3. The van der Waals surface area contributed by atoms with E-state index in [1.54, 1.807) is 18.2 Å². The van der Waals surface area contributed by atoms with Crippen LogP contribution in [-0.2, 0) is 4.79 Å². The average Bonchev–Trinajstić information content (AvgIpc) is 2.42. The van der Waals surface area contributed by atoms with Gasteiger partial charge in [-0.3, -0.25) is 4.79 Å². The number of esters is 1. The topological polar surface area (TPSA) is 35.5 Å². The molecule has 0 aromatic heterocycles. The van der Waals surface area contributed by atoms with E-state index in [9.17, 15) is 4.79 Å². The normalized spacial score (nSPS) is 11.0. The van der Waals surface area contributed by atoms with Gasteiger partial charge in [-0.1, -0.05) is 18.2 Å². The van der Waals surface area contributed by atoms with Crippen LogP contribution in [0.4, 0.5) is 0 Å². The Morgan fingerprint density at radius 2 is 1.67 bits per heavy atom. The number of benzene rings is 2. The monoisotopic (exact) mass is 348 g/mol. The van der Waals surface area contributed by atoms with Gasteiger partial charge < -0.3 is 9.47 Å². The maximum absolute atomic E-state index is 11.9. The first-order chi connectivity index (χ1) is 9.86. The van der Waals surface area contributed by atoms with Gasteiger partial charge in [-0.05, 0) is 61.0 Å². The third kappa shape index (κ3) is 4.33. The number of para-hydroxylation sites is 1. The lowest BCUT2D eigenvalue weighted by Crippen LogP contribution is -2.25. The molecule has 0 radical (unpaired) electrons. The molecule has 0 heterocycles. The van der Waals surface area contributed by atoms with E-state index in [4.69, 9.17) is 9.47 Å². The Labute approximate surface area is 133 Å². The third-order valence-corrected chi connectivity index (χ3v) is 3.35. The Hall–Kier alpha value is -1.81. The molecule has 0 unspecified atom stereocenters. The molecular formula is C17H17BrO3. The van der Waals surface area contributed by atoms with Crippen molar-refractivity contribution < 1.29 is 14.3 Å². The molecule has 0 N–H and O–H groups in total. The number of carbonyl (C=O) groups excluding carboxylic acids is 1. The van der Waals surface area contributed by atoms with Gasteiger partial charge in [0.1, 0.15) is 17.2 Å². The lowest BCUT2D eigenvalue weighted by atomic mass is 9.97. The van der Waals surface area contributed by atoms with Gasteiger partial charge in [0.05, 0.1) is 9.89 Å². The van der Waals surface area contributed by atoms with Crippen LogP contribution in [0.3, 0.4) is 0 Å². The second-order valence-electron chi connectivity index (χ2n) is 5.65. The first kappa shape index (κ1) is 15.6. The van der Waals surface area contributed by atoms with Crippen LogP contribution < -0.4 is 9.47 Å². The van der Waals surface area contributed by atoms with Gasteiger partial charge in [0.15, 0.2) is 0 Å². The summed E-state index contributed by atoms with van der Waals surface area (Å²) >= 11 is 3.43. The molecule has 0 spiro atoms. The molecule has 0 atom stereocenters. The van der Waals surface area contributed by atoms with Crippen LogP contribution in [0.25, 0.3) is 0 Å². The van der Waals surface area contributed by atoms with Gasteiger partial charge in [0, 0.05) is 6.07 Å². The summed E-state index contributed by atoms with van der Waals surface area (Å²) in [5, 5.41) is 0. The molecule has 2 aromatic carbocycles. The largest absolute Gasteiger partial charge is 0.456 e. The molecule has 21 heavy (non-hydrogen) atoms. The molecule has 0 amide bonds. The van der Waals surface area contributed by atoms with Gasteiger partial charge in [-0.25, -0.2) is 0 Å². The van der Waals surface area contributed by atoms with E-state index in [0.29, 0.717) is 11.5 Å². The van der Waals surface area contributed by atoms with E-state index >= 15 is 0 Å².